The van der Waals surface area contributed by atoms with Crippen LogP contribution in [0.25, 0.3) is 0 Å². The minimum absolute atomic E-state index is 0.0153. The third-order valence-corrected chi connectivity index (χ3v) is 4.13. The summed E-state index contributed by atoms with van der Waals surface area (Å²) in [4.78, 5) is 12.3. The lowest BCUT2D eigenvalue weighted by atomic mass is 10.1. The first kappa shape index (κ1) is 18.8. The minimum atomic E-state index is -0.832. The number of rotatable bonds is 6. The summed E-state index contributed by atoms with van der Waals surface area (Å²) in [6.45, 7) is 1.50. The molecule has 1 aromatic heterocycles. The van der Waals surface area contributed by atoms with Gasteiger partial charge in [0.15, 0.2) is 28.8 Å². The molecule has 140 valence electrons. The number of hydrogen-bond donors (Lipinski definition) is 1. The Labute approximate surface area is 158 Å². The lowest BCUT2D eigenvalue weighted by Gasteiger charge is -2.14. The Morgan fingerprint density at radius 3 is 2.63 bits per heavy atom. The molecule has 27 heavy (non-hydrogen) atoms. The SMILES string of the molecule is C[C@@H](NC(=O)c1cc(COc2c(F)cccc2F)on1)c1ccccc1Cl. The molecule has 3 aromatic rings. The quantitative estimate of drug-likeness (QED) is 0.661. The molecule has 0 saturated heterocycles. The molecule has 0 radical (unpaired) electrons. The molecule has 2 aromatic carbocycles. The second-order valence-corrected chi connectivity index (χ2v) is 6.14. The molecule has 0 aliphatic heterocycles. The van der Waals surface area contributed by atoms with E-state index in [1.165, 1.54) is 12.1 Å². The van der Waals surface area contributed by atoms with Crippen molar-refractivity contribution < 1.29 is 22.8 Å². The second-order valence-electron chi connectivity index (χ2n) is 5.73. The Morgan fingerprint density at radius 1 is 1.22 bits per heavy atom. The fourth-order valence-corrected chi connectivity index (χ4v) is 2.73. The number of hydrogen-bond acceptors (Lipinski definition) is 4. The number of ether oxygens (including phenoxy) is 1. The topological polar surface area (TPSA) is 64.4 Å². The first-order chi connectivity index (χ1) is 13.0. The van der Waals surface area contributed by atoms with E-state index < -0.39 is 23.3 Å². The van der Waals surface area contributed by atoms with Gasteiger partial charge in [0.05, 0.1) is 6.04 Å². The van der Waals surface area contributed by atoms with E-state index in [9.17, 15) is 13.6 Å². The summed E-state index contributed by atoms with van der Waals surface area (Å²) in [6, 6.07) is 11.5. The van der Waals surface area contributed by atoms with Crippen molar-refractivity contribution in [3.8, 4) is 5.75 Å². The molecule has 0 aliphatic rings. The molecule has 0 unspecified atom stereocenters. The van der Waals surface area contributed by atoms with Gasteiger partial charge in [0, 0.05) is 11.1 Å². The van der Waals surface area contributed by atoms with Crippen molar-refractivity contribution in [2.45, 2.75) is 19.6 Å². The largest absolute Gasteiger partial charge is 0.479 e. The molecule has 1 N–H and O–H groups in total. The summed E-state index contributed by atoms with van der Waals surface area (Å²) in [6.07, 6.45) is 0. The standard InChI is InChI=1S/C19H15ClF2N2O3/c1-11(13-5-2-3-6-14(13)20)23-19(25)17-9-12(27-24-17)10-26-18-15(21)7-4-8-16(18)22/h2-9,11H,10H2,1H3,(H,23,25)/t11-/m1/s1. The van der Waals surface area contributed by atoms with Crippen molar-refractivity contribution in [3.05, 3.63) is 82.2 Å². The maximum atomic E-state index is 13.5. The van der Waals surface area contributed by atoms with Gasteiger partial charge in [-0.1, -0.05) is 41.0 Å². The first-order valence-corrected chi connectivity index (χ1v) is 8.41. The van der Waals surface area contributed by atoms with Gasteiger partial charge in [-0.25, -0.2) is 8.78 Å². The highest BCUT2D eigenvalue weighted by molar-refractivity contribution is 6.31. The van der Waals surface area contributed by atoms with Crippen molar-refractivity contribution >= 4 is 17.5 Å². The average molecular weight is 393 g/mol. The number of nitrogens with one attached hydrogen (secondary N) is 1. The van der Waals surface area contributed by atoms with Crippen LogP contribution in [-0.2, 0) is 6.61 Å². The van der Waals surface area contributed by atoms with Crippen LogP contribution in [0.15, 0.2) is 53.1 Å². The van der Waals surface area contributed by atoms with Gasteiger partial charge in [-0.15, -0.1) is 0 Å². The van der Waals surface area contributed by atoms with Crippen LogP contribution in [0.1, 0.15) is 34.8 Å². The predicted molar refractivity (Wildman–Crippen MR) is 94.5 cm³/mol. The minimum Gasteiger partial charge on any atom is -0.479 e. The van der Waals surface area contributed by atoms with Crippen LogP contribution in [-0.4, -0.2) is 11.1 Å². The van der Waals surface area contributed by atoms with Crippen molar-refractivity contribution in [1.29, 1.82) is 0 Å². The Hall–Kier alpha value is -2.93. The van der Waals surface area contributed by atoms with E-state index in [1.54, 1.807) is 25.1 Å². The predicted octanol–water partition coefficient (Wildman–Crippen LogP) is 4.68. The molecule has 1 atom stereocenters. The van der Waals surface area contributed by atoms with Crippen LogP contribution in [0.3, 0.4) is 0 Å². The smallest absolute Gasteiger partial charge is 0.273 e. The zero-order valence-electron chi connectivity index (χ0n) is 14.2. The van der Waals surface area contributed by atoms with Crippen LogP contribution >= 0.6 is 11.6 Å². The summed E-state index contributed by atoms with van der Waals surface area (Å²) in [5.41, 5.74) is 0.774. The molecule has 0 spiro atoms. The van der Waals surface area contributed by atoms with Gasteiger partial charge in [-0.3, -0.25) is 4.79 Å². The lowest BCUT2D eigenvalue weighted by Crippen LogP contribution is -2.27. The number of aromatic nitrogens is 1. The third kappa shape index (κ3) is 4.43. The van der Waals surface area contributed by atoms with Crippen LogP contribution in [0.4, 0.5) is 8.78 Å². The van der Waals surface area contributed by atoms with Crippen LogP contribution in [0, 0.1) is 11.6 Å². The number of halogens is 3. The second kappa shape index (κ2) is 8.18. The summed E-state index contributed by atoms with van der Waals surface area (Å²) in [7, 11) is 0. The normalized spacial score (nSPS) is 11.9. The van der Waals surface area contributed by atoms with Gasteiger partial charge >= 0.3 is 0 Å². The number of carbonyl (C=O) groups is 1. The van der Waals surface area contributed by atoms with Crippen molar-refractivity contribution in [2.24, 2.45) is 0 Å². The van der Waals surface area contributed by atoms with Crippen LogP contribution in [0.5, 0.6) is 5.75 Å². The summed E-state index contributed by atoms with van der Waals surface area (Å²) in [5.74, 6) is -2.52. The number of nitrogens with zero attached hydrogens (tertiary/aromatic N) is 1. The maximum Gasteiger partial charge on any atom is 0.273 e. The van der Waals surface area contributed by atoms with Gasteiger partial charge in [-0.2, -0.15) is 0 Å². The summed E-state index contributed by atoms with van der Waals surface area (Å²) >= 11 is 6.11. The van der Waals surface area contributed by atoms with Crippen molar-refractivity contribution in [3.63, 3.8) is 0 Å². The van der Waals surface area contributed by atoms with E-state index in [0.717, 1.165) is 17.7 Å². The molecule has 0 bridgehead atoms. The van der Waals surface area contributed by atoms with E-state index in [2.05, 4.69) is 10.5 Å². The fraction of sp³-hybridized carbons (Fsp3) is 0.158. The first-order valence-electron chi connectivity index (χ1n) is 8.03. The van der Waals surface area contributed by atoms with Crippen molar-refractivity contribution in [2.75, 3.05) is 0 Å². The summed E-state index contributed by atoms with van der Waals surface area (Å²) < 4.78 is 37.1. The molecule has 3 rings (SSSR count). The highest BCUT2D eigenvalue weighted by Gasteiger charge is 2.18. The van der Waals surface area contributed by atoms with E-state index in [4.69, 9.17) is 20.9 Å². The maximum absolute atomic E-state index is 13.5. The van der Waals surface area contributed by atoms with Gasteiger partial charge in [0.2, 0.25) is 0 Å². The fourth-order valence-electron chi connectivity index (χ4n) is 2.43. The molecule has 0 aliphatic carbocycles. The number of amides is 1. The van der Waals surface area contributed by atoms with E-state index in [1.807, 2.05) is 6.07 Å². The van der Waals surface area contributed by atoms with E-state index in [0.29, 0.717) is 5.02 Å². The third-order valence-electron chi connectivity index (χ3n) is 3.79. The highest BCUT2D eigenvalue weighted by Crippen LogP contribution is 2.23. The Kier molecular flexibility index (Phi) is 5.71. The molecular weight excluding hydrogens is 378 g/mol. The van der Waals surface area contributed by atoms with Gasteiger partial charge in [0.1, 0.15) is 6.61 Å². The lowest BCUT2D eigenvalue weighted by molar-refractivity contribution is 0.0930. The Balaban J connectivity index is 1.63. The average Bonchev–Trinajstić information content (AvgIpc) is 3.11. The molecule has 5 nitrogen and oxygen atoms in total. The zero-order chi connectivity index (χ0) is 19.4. The zero-order valence-corrected chi connectivity index (χ0v) is 15.0. The summed E-state index contributed by atoms with van der Waals surface area (Å²) in [5, 5.41) is 6.94. The van der Waals surface area contributed by atoms with Crippen LogP contribution < -0.4 is 10.1 Å². The van der Waals surface area contributed by atoms with Gasteiger partial charge in [0.25, 0.3) is 5.91 Å². The van der Waals surface area contributed by atoms with Crippen LogP contribution in [0.2, 0.25) is 5.02 Å². The van der Waals surface area contributed by atoms with Crippen molar-refractivity contribution in [1.82, 2.24) is 10.5 Å². The Bertz CT molecular complexity index is 941. The van der Waals surface area contributed by atoms with Gasteiger partial charge in [-0.05, 0) is 30.7 Å². The molecule has 0 fully saturated rings. The molecule has 8 heteroatoms. The Morgan fingerprint density at radius 2 is 1.93 bits per heavy atom. The monoisotopic (exact) mass is 392 g/mol. The van der Waals surface area contributed by atoms with Gasteiger partial charge < -0.3 is 14.6 Å². The molecule has 1 amide bonds. The van der Waals surface area contributed by atoms with E-state index >= 15 is 0 Å². The number of para-hydroxylation sites is 1. The highest BCUT2D eigenvalue weighted by atomic mass is 35.5. The number of benzene rings is 2. The molecular formula is C19H15ClF2N2O3. The van der Waals surface area contributed by atoms with E-state index in [-0.39, 0.29) is 24.1 Å². The number of carbonyl (C=O) groups excluding carboxylic acids is 1. The molecule has 0 saturated carbocycles. The molecule has 1 heterocycles.